The molecule has 5 nitrogen and oxygen atoms in total. The Kier molecular flexibility index (Phi) is 9.75. The first-order chi connectivity index (χ1) is 12.6. The van der Waals surface area contributed by atoms with Crippen molar-refractivity contribution in [2.75, 3.05) is 26.0 Å². The van der Waals surface area contributed by atoms with Gasteiger partial charge in [-0.2, -0.15) is 0 Å². The fraction of sp³-hybridized carbons (Fsp3) is 0.950. The average Bonchev–Trinajstić information content (AvgIpc) is 3.23. The summed E-state index contributed by atoms with van der Waals surface area (Å²) in [6.45, 7) is 5.91. The van der Waals surface area contributed by atoms with E-state index in [2.05, 4.69) is 6.92 Å². The monoisotopic (exact) mass is 387 g/mol. The van der Waals surface area contributed by atoms with Crippen molar-refractivity contribution in [2.45, 2.75) is 82.7 Å². The maximum Gasteiger partial charge on any atom is 0.258 e. The minimum atomic E-state index is -0.200. The first-order valence-electron chi connectivity index (χ1n) is 10.4. The molecule has 0 saturated carbocycles. The van der Waals surface area contributed by atoms with E-state index in [0.29, 0.717) is 24.0 Å². The summed E-state index contributed by atoms with van der Waals surface area (Å²) in [7, 11) is 1.41. The lowest BCUT2D eigenvalue weighted by atomic mass is 9.78. The van der Waals surface area contributed by atoms with Crippen molar-refractivity contribution in [1.29, 1.82) is 0 Å². The van der Waals surface area contributed by atoms with Gasteiger partial charge in [-0.1, -0.05) is 33.1 Å². The molecule has 0 spiro atoms. The largest absolute Gasteiger partial charge is 0.381 e. The van der Waals surface area contributed by atoms with Crippen LogP contribution in [0, 0.1) is 11.8 Å². The van der Waals surface area contributed by atoms with E-state index >= 15 is 0 Å². The van der Waals surface area contributed by atoms with Crippen molar-refractivity contribution in [3.63, 3.8) is 0 Å². The lowest BCUT2D eigenvalue weighted by Gasteiger charge is -2.28. The van der Waals surface area contributed by atoms with Gasteiger partial charge in [0.25, 0.3) is 5.91 Å². The summed E-state index contributed by atoms with van der Waals surface area (Å²) in [5.41, 5.74) is 0. The number of nitrogens with zero attached hydrogens (tertiary/aromatic N) is 1. The number of hydrogen-bond acceptors (Lipinski definition) is 5. The lowest BCUT2D eigenvalue weighted by molar-refractivity contribution is -0.158. The van der Waals surface area contributed by atoms with Gasteiger partial charge in [-0.15, -0.1) is 11.8 Å². The van der Waals surface area contributed by atoms with Gasteiger partial charge < -0.3 is 9.47 Å². The van der Waals surface area contributed by atoms with Crippen LogP contribution in [0.3, 0.4) is 0 Å². The standard InChI is InChI=1S/C20H37NO4S/c1-4-6-7-8-12-24-14-16-15(17-9-10-18(16)25-17)11-13-26-19(5-2)20(22)21(3)23/h15-19,23H,4-14H2,1-3H3. The number of ether oxygens (including phenoxy) is 2. The number of unbranched alkanes of at least 4 members (excludes halogenated alkanes) is 3. The van der Waals surface area contributed by atoms with Crippen molar-refractivity contribution in [2.24, 2.45) is 11.8 Å². The van der Waals surface area contributed by atoms with Gasteiger partial charge in [0.1, 0.15) is 0 Å². The summed E-state index contributed by atoms with van der Waals surface area (Å²) < 4.78 is 12.1. The molecule has 6 heteroatoms. The SMILES string of the molecule is CCCCCCOCC1C2CCC(O2)C1CCSC(CC)C(=O)N(C)O. The van der Waals surface area contributed by atoms with E-state index in [0.717, 1.165) is 43.3 Å². The molecule has 2 saturated heterocycles. The van der Waals surface area contributed by atoms with Crippen LogP contribution in [0.25, 0.3) is 0 Å². The predicted octanol–water partition coefficient (Wildman–Crippen LogP) is 4.13. The maximum atomic E-state index is 12.0. The van der Waals surface area contributed by atoms with E-state index in [-0.39, 0.29) is 11.2 Å². The summed E-state index contributed by atoms with van der Waals surface area (Å²) in [6.07, 6.45) is 9.87. The molecule has 5 atom stereocenters. The Morgan fingerprint density at radius 3 is 2.62 bits per heavy atom. The van der Waals surface area contributed by atoms with Crippen LogP contribution in [0.5, 0.6) is 0 Å². The third-order valence-corrected chi connectivity index (χ3v) is 7.19. The van der Waals surface area contributed by atoms with Gasteiger partial charge in [0.05, 0.1) is 24.1 Å². The predicted molar refractivity (Wildman–Crippen MR) is 106 cm³/mol. The van der Waals surface area contributed by atoms with E-state index in [1.807, 2.05) is 6.92 Å². The van der Waals surface area contributed by atoms with Gasteiger partial charge in [-0.05, 0) is 43.8 Å². The van der Waals surface area contributed by atoms with Crippen LogP contribution in [0.2, 0.25) is 0 Å². The van der Waals surface area contributed by atoms with Gasteiger partial charge in [0.2, 0.25) is 0 Å². The number of amides is 1. The number of carbonyl (C=O) groups excluding carboxylic acids is 1. The first-order valence-corrected chi connectivity index (χ1v) is 11.4. The molecule has 0 aromatic rings. The molecule has 152 valence electrons. The number of rotatable bonds is 13. The Labute approximate surface area is 163 Å². The molecule has 1 N–H and O–H groups in total. The molecule has 26 heavy (non-hydrogen) atoms. The molecule has 2 fully saturated rings. The van der Waals surface area contributed by atoms with Crippen LogP contribution < -0.4 is 0 Å². The van der Waals surface area contributed by atoms with Crippen LogP contribution in [0.1, 0.15) is 65.2 Å². The summed E-state index contributed by atoms with van der Waals surface area (Å²) in [5.74, 6) is 1.80. The van der Waals surface area contributed by atoms with Gasteiger partial charge in [0.15, 0.2) is 0 Å². The minimum absolute atomic E-state index is 0.155. The fourth-order valence-corrected chi connectivity index (χ4v) is 5.49. The van der Waals surface area contributed by atoms with Crippen LogP contribution in [-0.4, -0.2) is 59.6 Å². The first kappa shape index (κ1) is 22.0. The zero-order valence-corrected chi connectivity index (χ0v) is 17.5. The van der Waals surface area contributed by atoms with E-state index in [4.69, 9.17) is 9.47 Å². The molecule has 2 aliphatic heterocycles. The number of hydrogen-bond donors (Lipinski definition) is 1. The summed E-state index contributed by atoms with van der Waals surface area (Å²) in [5, 5.41) is 9.93. The molecule has 0 radical (unpaired) electrons. The Morgan fingerprint density at radius 2 is 1.96 bits per heavy atom. The zero-order valence-electron chi connectivity index (χ0n) is 16.7. The molecule has 0 aromatic carbocycles. The maximum absolute atomic E-state index is 12.0. The van der Waals surface area contributed by atoms with Crippen molar-refractivity contribution in [3.8, 4) is 0 Å². The number of hydroxylamine groups is 2. The van der Waals surface area contributed by atoms with Gasteiger partial charge in [-0.3, -0.25) is 10.0 Å². The highest BCUT2D eigenvalue weighted by molar-refractivity contribution is 8.00. The highest BCUT2D eigenvalue weighted by Crippen LogP contribution is 2.45. The molecule has 2 rings (SSSR count). The normalized spacial score (nSPS) is 28.5. The summed E-state index contributed by atoms with van der Waals surface area (Å²) in [6, 6.07) is 0. The van der Waals surface area contributed by atoms with E-state index in [1.54, 1.807) is 11.8 Å². The molecule has 1 amide bonds. The molecular weight excluding hydrogens is 350 g/mol. The summed E-state index contributed by atoms with van der Waals surface area (Å²) in [4.78, 5) is 12.0. The zero-order chi connectivity index (χ0) is 18.9. The second-order valence-electron chi connectivity index (χ2n) is 7.67. The molecule has 2 aliphatic rings. The second kappa shape index (κ2) is 11.5. The quantitative estimate of drug-likeness (QED) is 0.293. The van der Waals surface area contributed by atoms with Gasteiger partial charge in [0, 0.05) is 19.6 Å². The smallest absolute Gasteiger partial charge is 0.258 e. The number of thioether (sulfide) groups is 1. The van der Waals surface area contributed by atoms with Crippen molar-refractivity contribution in [1.82, 2.24) is 5.06 Å². The number of fused-ring (bicyclic) bond motifs is 2. The van der Waals surface area contributed by atoms with Crippen LogP contribution in [-0.2, 0) is 14.3 Å². The van der Waals surface area contributed by atoms with Crippen molar-refractivity contribution < 1.29 is 19.5 Å². The topological polar surface area (TPSA) is 59.0 Å². The molecule has 0 aliphatic carbocycles. The van der Waals surface area contributed by atoms with E-state index in [9.17, 15) is 10.0 Å². The van der Waals surface area contributed by atoms with Crippen molar-refractivity contribution >= 4 is 17.7 Å². The Morgan fingerprint density at radius 1 is 1.23 bits per heavy atom. The molecular formula is C20H37NO4S. The lowest BCUT2D eigenvalue weighted by Crippen LogP contribution is -2.33. The van der Waals surface area contributed by atoms with Crippen molar-refractivity contribution in [3.05, 3.63) is 0 Å². The molecule has 0 aromatic heterocycles. The fourth-order valence-electron chi connectivity index (χ4n) is 4.27. The van der Waals surface area contributed by atoms with E-state index in [1.165, 1.54) is 39.2 Å². The Hall–Kier alpha value is -0.300. The third-order valence-electron chi connectivity index (χ3n) is 5.78. The third kappa shape index (κ3) is 6.11. The second-order valence-corrected chi connectivity index (χ2v) is 8.98. The molecule has 2 heterocycles. The van der Waals surface area contributed by atoms with Crippen LogP contribution >= 0.6 is 11.8 Å². The number of carbonyl (C=O) groups is 1. The van der Waals surface area contributed by atoms with Gasteiger partial charge in [-0.25, -0.2) is 5.06 Å². The van der Waals surface area contributed by atoms with E-state index < -0.39 is 0 Å². The molecule has 5 unspecified atom stereocenters. The van der Waals surface area contributed by atoms with Crippen LogP contribution in [0.4, 0.5) is 0 Å². The molecule has 2 bridgehead atoms. The minimum Gasteiger partial charge on any atom is -0.381 e. The Bertz CT molecular complexity index is 421. The van der Waals surface area contributed by atoms with Crippen LogP contribution in [0.15, 0.2) is 0 Å². The average molecular weight is 388 g/mol. The highest BCUT2D eigenvalue weighted by atomic mass is 32.2. The van der Waals surface area contributed by atoms with Gasteiger partial charge >= 0.3 is 0 Å². The Balaban J connectivity index is 1.73. The summed E-state index contributed by atoms with van der Waals surface area (Å²) >= 11 is 1.66. The highest BCUT2D eigenvalue weighted by Gasteiger charge is 2.48.